The zero-order valence-electron chi connectivity index (χ0n) is 9.93. The van der Waals surface area contributed by atoms with Crippen molar-refractivity contribution in [3.05, 3.63) is 29.8 Å². The first-order valence-corrected chi connectivity index (χ1v) is 5.46. The van der Waals surface area contributed by atoms with Crippen LogP contribution in [-0.4, -0.2) is 18.2 Å². The molecule has 0 aromatic heterocycles. The van der Waals surface area contributed by atoms with E-state index in [1.807, 2.05) is 32.0 Å². The highest BCUT2D eigenvalue weighted by Crippen LogP contribution is 2.29. The van der Waals surface area contributed by atoms with Gasteiger partial charge in [-0.3, -0.25) is 4.79 Å². The lowest BCUT2D eigenvalue weighted by molar-refractivity contribution is -0.140. The minimum atomic E-state index is -0.775. The van der Waals surface area contributed by atoms with Crippen molar-refractivity contribution in [1.29, 1.82) is 0 Å². The van der Waals surface area contributed by atoms with Gasteiger partial charge in [0.2, 0.25) is 0 Å². The molecule has 0 aliphatic carbocycles. The molecule has 1 aromatic carbocycles. The summed E-state index contributed by atoms with van der Waals surface area (Å²) in [5.41, 5.74) is 0.807. The Morgan fingerprint density at radius 1 is 1.50 bits per heavy atom. The average molecular weight is 222 g/mol. The van der Waals surface area contributed by atoms with Crippen LogP contribution < -0.4 is 4.74 Å². The van der Waals surface area contributed by atoms with Crippen LogP contribution in [0.3, 0.4) is 0 Å². The van der Waals surface area contributed by atoms with Gasteiger partial charge in [-0.25, -0.2) is 0 Å². The van der Waals surface area contributed by atoms with Gasteiger partial charge in [0, 0.05) is 0 Å². The third kappa shape index (κ3) is 2.75. The fourth-order valence-corrected chi connectivity index (χ4v) is 1.79. The number of carboxylic acids is 1. The second-order valence-corrected chi connectivity index (χ2v) is 3.98. The molecule has 0 unspecified atom stereocenters. The molecule has 0 aliphatic heterocycles. The van der Waals surface area contributed by atoms with Gasteiger partial charge in [0.1, 0.15) is 5.75 Å². The van der Waals surface area contributed by atoms with Crippen molar-refractivity contribution in [2.24, 2.45) is 5.92 Å². The Morgan fingerprint density at radius 3 is 2.69 bits per heavy atom. The van der Waals surface area contributed by atoms with E-state index in [4.69, 9.17) is 4.74 Å². The maximum atomic E-state index is 11.3. The molecular weight excluding hydrogens is 204 g/mol. The normalized spacial score (nSPS) is 14.2. The van der Waals surface area contributed by atoms with Gasteiger partial charge in [-0.1, -0.05) is 32.4 Å². The van der Waals surface area contributed by atoms with Gasteiger partial charge in [0.05, 0.1) is 13.0 Å². The van der Waals surface area contributed by atoms with Crippen LogP contribution in [0.1, 0.15) is 31.7 Å². The van der Waals surface area contributed by atoms with Crippen LogP contribution in [0.5, 0.6) is 5.75 Å². The highest BCUT2D eigenvalue weighted by Gasteiger charge is 2.25. The number of rotatable bonds is 5. The Kier molecular flexibility index (Phi) is 4.35. The molecule has 1 aromatic rings. The molecule has 0 heterocycles. The van der Waals surface area contributed by atoms with Gasteiger partial charge in [0.15, 0.2) is 0 Å². The van der Waals surface area contributed by atoms with Crippen LogP contribution in [0, 0.1) is 5.92 Å². The molecule has 1 N–H and O–H groups in total. The van der Waals surface area contributed by atoms with Gasteiger partial charge >= 0.3 is 5.97 Å². The maximum absolute atomic E-state index is 11.3. The summed E-state index contributed by atoms with van der Waals surface area (Å²) >= 11 is 0. The van der Waals surface area contributed by atoms with Crippen molar-refractivity contribution >= 4 is 5.97 Å². The zero-order chi connectivity index (χ0) is 12.1. The summed E-state index contributed by atoms with van der Waals surface area (Å²) in [4.78, 5) is 11.3. The molecule has 0 aliphatic rings. The van der Waals surface area contributed by atoms with Crippen molar-refractivity contribution in [1.82, 2.24) is 0 Å². The fourth-order valence-electron chi connectivity index (χ4n) is 1.79. The van der Waals surface area contributed by atoms with E-state index in [0.717, 1.165) is 12.0 Å². The Labute approximate surface area is 96.1 Å². The third-order valence-corrected chi connectivity index (χ3v) is 2.93. The van der Waals surface area contributed by atoms with Crippen LogP contribution in [0.15, 0.2) is 24.3 Å². The SMILES string of the molecule is CC[C@H](C)[C@@H](C(=O)O)c1cccc(OC)c1. The van der Waals surface area contributed by atoms with E-state index in [1.165, 1.54) is 0 Å². The molecule has 88 valence electrons. The molecule has 3 nitrogen and oxygen atoms in total. The first-order valence-electron chi connectivity index (χ1n) is 5.46. The lowest BCUT2D eigenvalue weighted by Gasteiger charge is -2.19. The Balaban J connectivity index is 3.05. The molecule has 0 saturated heterocycles. The molecule has 16 heavy (non-hydrogen) atoms. The smallest absolute Gasteiger partial charge is 0.311 e. The summed E-state index contributed by atoms with van der Waals surface area (Å²) in [6.07, 6.45) is 0.841. The summed E-state index contributed by atoms with van der Waals surface area (Å²) in [6.45, 7) is 3.96. The van der Waals surface area contributed by atoms with E-state index in [1.54, 1.807) is 13.2 Å². The summed E-state index contributed by atoms with van der Waals surface area (Å²) in [5, 5.41) is 9.25. The van der Waals surface area contributed by atoms with Crippen molar-refractivity contribution in [2.75, 3.05) is 7.11 Å². The van der Waals surface area contributed by atoms with Crippen LogP contribution in [0.2, 0.25) is 0 Å². The number of hydrogen-bond donors (Lipinski definition) is 1. The highest BCUT2D eigenvalue weighted by molar-refractivity contribution is 5.76. The predicted molar refractivity (Wildman–Crippen MR) is 62.8 cm³/mol. The standard InChI is InChI=1S/C13H18O3/c1-4-9(2)12(13(14)15)10-6-5-7-11(8-10)16-3/h5-9,12H,4H2,1-3H3,(H,14,15)/t9-,12+/m0/s1. The molecule has 0 amide bonds. The molecule has 1 rings (SSSR count). The summed E-state index contributed by atoms with van der Waals surface area (Å²) < 4.78 is 5.11. The van der Waals surface area contributed by atoms with Gasteiger partial charge < -0.3 is 9.84 Å². The quantitative estimate of drug-likeness (QED) is 0.833. The maximum Gasteiger partial charge on any atom is 0.311 e. The number of hydrogen-bond acceptors (Lipinski definition) is 2. The molecule has 0 radical (unpaired) electrons. The molecule has 2 atom stereocenters. The average Bonchev–Trinajstić information content (AvgIpc) is 2.29. The van der Waals surface area contributed by atoms with Crippen LogP contribution >= 0.6 is 0 Å². The minimum absolute atomic E-state index is 0.115. The molecule has 0 spiro atoms. The molecule has 0 fully saturated rings. The van der Waals surface area contributed by atoms with E-state index >= 15 is 0 Å². The summed E-state index contributed by atoms with van der Waals surface area (Å²) in [5.74, 6) is -0.417. The molecule has 0 bridgehead atoms. The topological polar surface area (TPSA) is 46.5 Å². The molecular formula is C13H18O3. The minimum Gasteiger partial charge on any atom is -0.497 e. The van der Waals surface area contributed by atoms with E-state index in [2.05, 4.69) is 0 Å². The van der Waals surface area contributed by atoms with E-state index in [0.29, 0.717) is 5.75 Å². The number of carboxylic acid groups (broad SMARTS) is 1. The number of ether oxygens (including phenoxy) is 1. The lowest BCUT2D eigenvalue weighted by atomic mass is 9.85. The Morgan fingerprint density at radius 2 is 2.19 bits per heavy atom. The van der Waals surface area contributed by atoms with Crippen molar-refractivity contribution < 1.29 is 14.6 Å². The second kappa shape index (κ2) is 5.54. The van der Waals surface area contributed by atoms with Gasteiger partial charge in [-0.2, -0.15) is 0 Å². The predicted octanol–water partition coefficient (Wildman–Crippen LogP) is 2.91. The second-order valence-electron chi connectivity index (χ2n) is 3.98. The number of aliphatic carboxylic acids is 1. The summed E-state index contributed by atoms with van der Waals surface area (Å²) in [7, 11) is 1.58. The monoisotopic (exact) mass is 222 g/mol. The molecule has 0 saturated carbocycles. The van der Waals surface area contributed by atoms with E-state index in [-0.39, 0.29) is 5.92 Å². The zero-order valence-corrected chi connectivity index (χ0v) is 9.93. The lowest BCUT2D eigenvalue weighted by Crippen LogP contribution is -2.19. The van der Waals surface area contributed by atoms with Gasteiger partial charge in [0.25, 0.3) is 0 Å². The fraction of sp³-hybridized carbons (Fsp3) is 0.462. The largest absolute Gasteiger partial charge is 0.497 e. The van der Waals surface area contributed by atoms with Crippen LogP contribution in [0.4, 0.5) is 0 Å². The Bertz CT molecular complexity index is 360. The van der Waals surface area contributed by atoms with E-state index in [9.17, 15) is 9.90 Å². The van der Waals surface area contributed by atoms with Crippen molar-refractivity contribution in [3.63, 3.8) is 0 Å². The number of methoxy groups -OCH3 is 1. The Hall–Kier alpha value is -1.51. The van der Waals surface area contributed by atoms with E-state index < -0.39 is 11.9 Å². The summed E-state index contributed by atoms with van der Waals surface area (Å²) in [6, 6.07) is 7.28. The van der Waals surface area contributed by atoms with Gasteiger partial charge in [-0.05, 0) is 23.6 Å². The first kappa shape index (κ1) is 12.6. The van der Waals surface area contributed by atoms with Crippen LogP contribution in [-0.2, 0) is 4.79 Å². The molecule has 3 heteroatoms. The van der Waals surface area contributed by atoms with Crippen molar-refractivity contribution in [3.8, 4) is 5.75 Å². The number of benzene rings is 1. The third-order valence-electron chi connectivity index (χ3n) is 2.93. The first-order chi connectivity index (χ1) is 7.60. The van der Waals surface area contributed by atoms with Gasteiger partial charge in [-0.15, -0.1) is 0 Å². The highest BCUT2D eigenvalue weighted by atomic mass is 16.5. The van der Waals surface area contributed by atoms with Crippen LogP contribution in [0.25, 0.3) is 0 Å². The number of carbonyl (C=O) groups is 1. The van der Waals surface area contributed by atoms with Crippen molar-refractivity contribution in [2.45, 2.75) is 26.2 Å².